The molecule has 0 bridgehead atoms. The van der Waals surface area contributed by atoms with E-state index in [1.807, 2.05) is 0 Å². The summed E-state index contributed by atoms with van der Waals surface area (Å²) < 4.78 is 30.1. The molecule has 2 N–H and O–H groups in total. The Labute approximate surface area is 81.7 Å². The molecule has 4 heteroatoms. The first kappa shape index (κ1) is 10.9. The van der Waals surface area contributed by atoms with Gasteiger partial charge in [-0.1, -0.05) is 12.1 Å². The molecule has 0 amide bonds. The molecule has 0 fully saturated rings. The Bertz CT molecular complexity index is 313. The van der Waals surface area contributed by atoms with Gasteiger partial charge in [-0.2, -0.15) is 0 Å². The number of nitrogens with two attached hydrogens (primary N) is 1. The average Bonchev–Trinajstić information content (AvgIpc) is 2.17. The van der Waals surface area contributed by atoms with Gasteiger partial charge < -0.3 is 10.5 Å². The molecule has 1 unspecified atom stereocenters. The normalized spacial score (nSPS) is 15.3. The van der Waals surface area contributed by atoms with Crippen molar-refractivity contribution >= 4 is 0 Å². The zero-order chi connectivity index (χ0) is 10.8. The topological polar surface area (TPSA) is 35.2 Å². The molecule has 1 aromatic carbocycles. The van der Waals surface area contributed by atoms with E-state index >= 15 is 0 Å². The van der Waals surface area contributed by atoms with E-state index in [4.69, 9.17) is 10.5 Å². The van der Waals surface area contributed by atoms with E-state index in [1.54, 1.807) is 18.2 Å². The van der Waals surface area contributed by atoms with Crippen molar-refractivity contribution < 1.29 is 13.5 Å². The van der Waals surface area contributed by atoms with E-state index in [1.165, 1.54) is 20.1 Å². The molecule has 0 heterocycles. The van der Waals surface area contributed by atoms with Gasteiger partial charge in [-0.05, 0) is 24.6 Å². The standard InChI is InChI=1S/C10H13F2NO/c1-10(13,9(11)12)7-4-3-5-8(6-7)14-2/h3-6,9H,13H2,1-2H3. The van der Waals surface area contributed by atoms with Crippen LogP contribution in [-0.2, 0) is 5.54 Å². The molecule has 0 spiro atoms. The number of alkyl halides is 2. The molecule has 0 aliphatic rings. The van der Waals surface area contributed by atoms with E-state index in [0.29, 0.717) is 11.3 Å². The van der Waals surface area contributed by atoms with E-state index in [9.17, 15) is 8.78 Å². The second-order valence-corrected chi connectivity index (χ2v) is 3.32. The van der Waals surface area contributed by atoms with Crippen molar-refractivity contribution in [3.8, 4) is 5.75 Å². The Morgan fingerprint density at radius 1 is 1.43 bits per heavy atom. The first-order valence-electron chi connectivity index (χ1n) is 4.20. The molecule has 0 saturated heterocycles. The monoisotopic (exact) mass is 201 g/mol. The fourth-order valence-corrected chi connectivity index (χ4v) is 1.08. The molecule has 1 atom stereocenters. The summed E-state index contributed by atoms with van der Waals surface area (Å²) in [5.41, 5.74) is 4.24. The van der Waals surface area contributed by atoms with Crippen LogP contribution < -0.4 is 10.5 Å². The van der Waals surface area contributed by atoms with E-state index in [-0.39, 0.29) is 0 Å². The van der Waals surface area contributed by atoms with Crippen LogP contribution >= 0.6 is 0 Å². The number of rotatable bonds is 3. The quantitative estimate of drug-likeness (QED) is 0.813. The number of ether oxygens (including phenoxy) is 1. The fraction of sp³-hybridized carbons (Fsp3) is 0.400. The lowest BCUT2D eigenvalue weighted by molar-refractivity contribution is 0.0624. The minimum absolute atomic E-state index is 0.367. The van der Waals surface area contributed by atoms with Gasteiger partial charge in [0.15, 0.2) is 0 Å². The van der Waals surface area contributed by atoms with Gasteiger partial charge >= 0.3 is 0 Å². The van der Waals surface area contributed by atoms with Gasteiger partial charge in [0.1, 0.15) is 5.75 Å². The van der Waals surface area contributed by atoms with Crippen molar-refractivity contribution in [2.45, 2.75) is 18.9 Å². The molecule has 0 aromatic heterocycles. The average molecular weight is 201 g/mol. The smallest absolute Gasteiger partial charge is 0.260 e. The SMILES string of the molecule is COc1cccc(C(C)(N)C(F)F)c1. The molecular formula is C10H13F2NO. The lowest BCUT2D eigenvalue weighted by Gasteiger charge is -2.24. The molecule has 0 radical (unpaired) electrons. The summed E-state index contributed by atoms with van der Waals surface area (Å²) in [5, 5.41) is 0. The number of hydrogen-bond donors (Lipinski definition) is 1. The van der Waals surface area contributed by atoms with Crippen LogP contribution in [0.2, 0.25) is 0 Å². The van der Waals surface area contributed by atoms with Gasteiger partial charge in [0.05, 0.1) is 12.6 Å². The summed E-state index contributed by atoms with van der Waals surface area (Å²) >= 11 is 0. The van der Waals surface area contributed by atoms with Gasteiger partial charge in [0.25, 0.3) is 6.43 Å². The largest absolute Gasteiger partial charge is 0.497 e. The molecular weight excluding hydrogens is 188 g/mol. The second kappa shape index (κ2) is 3.92. The Morgan fingerprint density at radius 3 is 2.57 bits per heavy atom. The predicted molar refractivity (Wildman–Crippen MR) is 50.5 cm³/mol. The number of benzene rings is 1. The van der Waals surface area contributed by atoms with E-state index in [0.717, 1.165) is 0 Å². The molecule has 1 rings (SSSR count). The second-order valence-electron chi connectivity index (χ2n) is 3.32. The van der Waals surface area contributed by atoms with Gasteiger partial charge in [-0.25, -0.2) is 8.78 Å². The Kier molecular flexibility index (Phi) is 3.06. The Morgan fingerprint density at radius 2 is 2.07 bits per heavy atom. The van der Waals surface area contributed by atoms with Crippen molar-refractivity contribution in [3.05, 3.63) is 29.8 Å². The number of halogens is 2. The molecule has 0 aliphatic heterocycles. The van der Waals surface area contributed by atoms with Crippen LogP contribution in [0.5, 0.6) is 5.75 Å². The summed E-state index contributed by atoms with van der Waals surface area (Å²) in [6.07, 6.45) is -2.60. The summed E-state index contributed by atoms with van der Waals surface area (Å²) in [4.78, 5) is 0. The molecule has 2 nitrogen and oxygen atoms in total. The third kappa shape index (κ3) is 2.01. The lowest BCUT2D eigenvalue weighted by Crippen LogP contribution is -2.40. The fourth-order valence-electron chi connectivity index (χ4n) is 1.08. The highest BCUT2D eigenvalue weighted by molar-refractivity contribution is 5.33. The van der Waals surface area contributed by atoms with Gasteiger partial charge in [0.2, 0.25) is 0 Å². The first-order valence-corrected chi connectivity index (χ1v) is 4.20. The Hall–Kier alpha value is -1.16. The van der Waals surface area contributed by atoms with Crippen LogP contribution in [0.3, 0.4) is 0 Å². The van der Waals surface area contributed by atoms with Crippen LogP contribution in [0.4, 0.5) is 8.78 Å². The van der Waals surface area contributed by atoms with Crippen molar-refractivity contribution in [2.75, 3.05) is 7.11 Å². The zero-order valence-corrected chi connectivity index (χ0v) is 8.13. The van der Waals surface area contributed by atoms with Crippen molar-refractivity contribution in [1.82, 2.24) is 0 Å². The van der Waals surface area contributed by atoms with Crippen LogP contribution in [0.1, 0.15) is 12.5 Å². The minimum Gasteiger partial charge on any atom is -0.497 e. The van der Waals surface area contributed by atoms with Gasteiger partial charge in [0, 0.05) is 0 Å². The first-order chi connectivity index (χ1) is 6.48. The van der Waals surface area contributed by atoms with Gasteiger partial charge in [-0.3, -0.25) is 0 Å². The van der Waals surface area contributed by atoms with E-state index < -0.39 is 12.0 Å². The lowest BCUT2D eigenvalue weighted by atomic mass is 9.94. The zero-order valence-electron chi connectivity index (χ0n) is 8.13. The summed E-state index contributed by atoms with van der Waals surface area (Å²) in [6, 6.07) is 6.41. The molecule has 14 heavy (non-hydrogen) atoms. The predicted octanol–water partition coefficient (Wildman–Crippen LogP) is 2.13. The van der Waals surface area contributed by atoms with E-state index in [2.05, 4.69) is 0 Å². The molecule has 1 aromatic rings. The number of hydrogen-bond acceptors (Lipinski definition) is 2. The maximum atomic E-state index is 12.6. The molecule has 0 saturated carbocycles. The summed E-state index contributed by atoms with van der Waals surface area (Å²) in [7, 11) is 1.48. The minimum atomic E-state index is -2.60. The van der Waals surface area contributed by atoms with Crippen molar-refractivity contribution in [3.63, 3.8) is 0 Å². The van der Waals surface area contributed by atoms with Gasteiger partial charge in [-0.15, -0.1) is 0 Å². The van der Waals surface area contributed by atoms with Crippen LogP contribution in [0, 0.1) is 0 Å². The van der Waals surface area contributed by atoms with Crippen molar-refractivity contribution in [2.24, 2.45) is 5.73 Å². The Balaban J connectivity index is 3.06. The van der Waals surface area contributed by atoms with Crippen molar-refractivity contribution in [1.29, 1.82) is 0 Å². The summed E-state index contributed by atoms with van der Waals surface area (Å²) in [6.45, 7) is 1.30. The highest BCUT2D eigenvalue weighted by atomic mass is 19.3. The maximum absolute atomic E-state index is 12.6. The summed E-state index contributed by atoms with van der Waals surface area (Å²) in [5.74, 6) is 0.528. The van der Waals surface area contributed by atoms with Crippen LogP contribution in [0.25, 0.3) is 0 Å². The third-order valence-electron chi connectivity index (χ3n) is 2.15. The molecule has 78 valence electrons. The highest BCUT2D eigenvalue weighted by Gasteiger charge is 2.32. The van der Waals surface area contributed by atoms with Crippen LogP contribution in [-0.4, -0.2) is 13.5 Å². The third-order valence-corrected chi connectivity index (χ3v) is 2.15. The number of methoxy groups -OCH3 is 1. The maximum Gasteiger partial charge on any atom is 0.260 e. The van der Waals surface area contributed by atoms with Crippen LogP contribution in [0.15, 0.2) is 24.3 Å². The highest BCUT2D eigenvalue weighted by Crippen LogP contribution is 2.27. The molecule has 0 aliphatic carbocycles.